The first kappa shape index (κ1) is 18.9. The number of anilines is 1. The lowest BCUT2D eigenvalue weighted by Crippen LogP contribution is -2.25. The van der Waals surface area contributed by atoms with Gasteiger partial charge in [-0.3, -0.25) is 19.7 Å². The molecule has 0 saturated carbocycles. The minimum absolute atomic E-state index is 0.0304. The molecule has 8 heteroatoms. The summed E-state index contributed by atoms with van der Waals surface area (Å²) in [4.78, 5) is 36.5. The van der Waals surface area contributed by atoms with Crippen LogP contribution in [0.5, 0.6) is 0 Å². The van der Waals surface area contributed by atoms with Crippen LogP contribution in [0.4, 0.5) is 11.4 Å². The second-order valence-electron chi connectivity index (χ2n) is 6.13. The quantitative estimate of drug-likeness (QED) is 0.449. The number of hydrogen-bond acceptors (Lipinski definition) is 5. The third kappa shape index (κ3) is 5.07. The molecule has 27 heavy (non-hydrogen) atoms. The molecule has 0 atom stereocenters. The average molecular weight is 385 g/mol. The number of carbonyl (C=O) groups is 2. The lowest BCUT2D eigenvalue weighted by atomic mass is 10.2. The maximum absolute atomic E-state index is 12.0. The first-order valence-electron chi connectivity index (χ1n) is 8.56. The van der Waals surface area contributed by atoms with Crippen molar-refractivity contribution < 1.29 is 14.5 Å². The molecule has 3 rings (SSSR count). The fourth-order valence-electron chi connectivity index (χ4n) is 2.78. The molecule has 0 bridgehead atoms. The Morgan fingerprint density at radius 2 is 1.85 bits per heavy atom. The van der Waals surface area contributed by atoms with Gasteiger partial charge >= 0.3 is 0 Å². The molecule has 1 heterocycles. The van der Waals surface area contributed by atoms with E-state index < -0.39 is 4.92 Å². The van der Waals surface area contributed by atoms with Crippen LogP contribution in [0.1, 0.15) is 18.4 Å². The first-order chi connectivity index (χ1) is 13.0. The van der Waals surface area contributed by atoms with E-state index in [2.05, 4.69) is 5.32 Å². The van der Waals surface area contributed by atoms with E-state index in [4.69, 9.17) is 0 Å². The van der Waals surface area contributed by atoms with Gasteiger partial charge in [-0.1, -0.05) is 12.1 Å². The van der Waals surface area contributed by atoms with Gasteiger partial charge in [-0.2, -0.15) is 0 Å². The van der Waals surface area contributed by atoms with Crippen molar-refractivity contribution in [3.8, 4) is 0 Å². The molecule has 0 spiro atoms. The summed E-state index contributed by atoms with van der Waals surface area (Å²) in [5.41, 5.74) is 1.88. The first-order valence-corrected chi connectivity index (χ1v) is 9.55. The Hall–Kier alpha value is -2.87. The topological polar surface area (TPSA) is 92.5 Å². The highest BCUT2D eigenvalue weighted by atomic mass is 32.2. The van der Waals surface area contributed by atoms with Crippen molar-refractivity contribution in [1.82, 2.24) is 5.32 Å². The zero-order valence-electron chi connectivity index (χ0n) is 14.6. The average Bonchev–Trinajstić information content (AvgIpc) is 3.11. The van der Waals surface area contributed by atoms with E-state index >= 15 is 0 Å². The number of nitrogens with one attached hydrogen (secondary N) is 1. The SMILES string of the molecule is O=C(CSc1ccc([N+](=O)[O-])cc1)NCc1ccc(N2CCCC2=O)cc1. The smallest absolute Gasteiger partial charge is 0.269 e. The van der Waals surface area contributed by atoms with Crippen molar-refractivity contribution in [3.63, 3.8) is 0 Å². The van der Waals surface area contributed by atoms with Gasteiger partial charge in [-0.15, -0.1) is 11.8 Å². The van der Waals surface area contributed by atoms with Crippen LogP contribution in [0.25, 0.3) is 0 Å². The van der Waals surface area contributed by atoms with Gasteiger partial charge in [0, 0.05) is 42.2 Å². The zero-order chi connectivity index (χ0) is 19.2. The van der Waals surface area contributed by atoms with Gasteiger partial charge in [0.15, 0.2) is 0 Å². The third-order valence-electron chi connectivity index (χ3n) is 4.23. The molecule has 0 unspecified atom stereocenters. The Kier molecular flexibility index (Phi) is 6.08. The molecule has 0 aromatic heterocycles. The lowest BCUT2D eigenvalue weighted by Gasteiger charge is -2.16. The predicted molar refractivity (Wildman–Crippen MR) is 104 cm³/mol. The van der Waals surface area contributed by atoms with E-state index in [9.17, 15) is 19.7 Å². The predicted octanol–water partition coefficient (Wildman–Crippen LogP) is 3.13. The highest BCUT2D eigenvalue weighted by Crippen LogP contribution is 2.22. The van der Waals surface area contributed by atoms with Crippen LogP contribution in [0, 0.1) is 10.1 Å². The zero-order valence-corrected chi connectivity index (χ0v) is 15.4. The molecule has 7 nitrogen and oxygen atoms in total. The van der Waals surface area contributed by atoms with Gasteiger partial charge in [0.1, 0.15) is 0 Å². The monoisotopic (exact) mass is 385 g/mol. The Labute approximate surface area is 160 Å². The molecule has 2 aromatic carbocycles. The third-order valence-corrected chi connectivity index (χ3v) is 5.24. The number of non-ortho nitro benzene ring substituents is 1. The fraction of sp³-hybridized carbons (Fsp3) is 0.263. The summed E-state index contributed by atoms with van der Waals surface area (Å²) in [5, 5.41) is 13.5. The summed E-state index contributed by atoms with van der Waals surface area (Å²) >= 11 is 1.32. The molecule has 0 aliphatic carbocycles. The molecular weight excluding hydrogens is 366 g/mol. The Balaban J connectivity index is 1.44. The maximum atomic E-state index is 12.0. The molecule has 1 aliphatic heterocycles. The largest absolute Gasteiger partial charge is 0.351 e. The van der Waals surface area contributed by atoms with E-state index in [-0.39, 0.29) is 23.3 Å². The van der Waals surface area contributed by atoms with Gasteiger partial charge in [-0.25, -0.2) is 0 Å². The second kappa shape index (κ2) is 8.68. The number of hydrogen-bond donors (Lipinski definition) is 1. The van der Waals surface area contributed by atoms with E-state index in [0.717, 1.165) is 29.1 Å². The van der Waals surface area contributed by atoms with Gasteiger partial charge in [-0.05, 0) is 36.2 Å². The second-order valence-corrected chi connectivity index (χ2v) is 7.18. The van der Waals surface area contributed by atoms with Crippen molar-refractivity contribution in [3.05, 3.63) is 64.2 Å². The summed E-state index contributed by atoms with van der Waals surface area (Å²) < 4.78 is 0. The number of nitro benzene ring substituents is 1. The maximum Gasteiger partial charge on any atom is 0.269 e. The van der Waals surface area contributed by atoms with Gasteiger partial charge in [0.05, 0.1) is 10.7 Å². The van der Waals surface area contributed by atoms with Crippen molar-refractivity contribution in [2.75, 3.05) is 17.2 Å². The van der Waals surface area contributed by atoms with Crippen molar-refractivity contribution >= 4 is 35.0 Å². The van der Waals surface area contributed by atoms with Crippen LogP contribution in [-0.4, -0.2) is 29.0 Å². The summed E-state index contributed by atoms with van der Waals surface area (Å²) in [5.74, 6) is 0.273. The molecule has 140 valence electrons. The number of benzene rings is 2. The normalized spacial score (nSPS) is 13.6. The summed E-state index contributed by atoms with van der Waals surface area (Å²) in [7, 11) is 0. The fourth-order valence-corrected chi connectivity index (χ4v) is 3.51. The number of thioether (sulfide) groups is 1. The molecule has 1 saturated heterocycles. The Morgan fingerprint density at radius 1 is 1.15 bits per heavy atom. The molecule has 1 N–H and O–H groups in total. The highest BCUT2D eigenvalue weighted by molar-refractivity contribution is 8.00. The summed E-state index contributed by atoms with van der Waals surface area (Å²) in [6.45, 7) is 1.17. The van der Waals surface area contributed by atoms with Gasteiger partial charge in [0.25, 0.3) is 5.69 Å². The van der Waals surface area contributed by atoms with E-state index in [0.29, 0.717) is 13.0 Å². The Morgan fingerprint density at radius 3 is 2.44 bits per heavy atom. The Bertz CT molecular complexity index is 837. The molecular formula is C19H19N3O4S. The van der Waals surface area contributed by atoms with E-state index in [1.807, 2.05) is 24.3 Å². The van der Waals surface area contributed by atoms with Crippen LogP contribution in [-0.2, 0) is 16.1 Å². The van der Waals surface area contributed by atoms with Crippen LogP contribution < -0.4 is 10.2 Å². The van der Waals surface area contributed by atoms with Crippen LogP contribution >= 0.6 is 11.8 Å². The van der Waals surface area contributed by atoms with Crippen LogP contribution in [0.2, 0.25) is 0 Å². The van der Waals surface area contributed by atoms with Gasteiger partial charge < -0.3 is 10.2 Å². The number of rotatable bonds is 7. The van der Waals surface area contributed by atoms with Crippen LogP contribution in [0.3, 0.4) is 0 Å². The minimum Gasteiger partial charge on any atom is -0.351 e. The van der Waals surface area contributed by atoms with Crippen LogP contribution in [0.15, 0.2) is 53.4 Å². The number of nitrogens with zero attached hydrogens (tertiary/aromatic N) is 2. The summed E-state index contributed by atoms with van der Waals surface area (Å²) in [6, 6.07) is 13.7. The molecule has 2 amide bonds. The van der Waals surface area contributed by atoms with Crippen molar-refractivity contribution in [1.29, 1.82) is 0 Å². The lowest BCUT2D eigenvalue weighted by molar-refractivity contribution is -0.384. The highest BCUT2D eigenvalue weighted by Gasteiger charge is 2.21. The number of amides is 2. The molecule has 1 aliphatic rings. The molecule has 1 fully saturated rings. The van der Waals surface area contributed by atoms with E-state index in [1.54, 1.807) is 17.0 Å². The molecule has 2 aromatic rings. The van der Waals surface area contributed by atoms with Gasteiger partial charge in [0.2, 0.25) is 11.8 Å². The van der Waals surface area contributed by atoms with E-state index in [1.165, 1.54) is 23.9 Å². The standard InChI is InChI=1S/C19H19N3O4S/c23-18(13-27-17-9-7-16(8-10-17)22(25)26)20-12-14-3-5-15(6-4-14)21-11-1-2-19(21)24/h3-10H,1-2,11-13H2,(H,20,23). The number of carbonyl (C=O) groups excluding carboxylic acids is 2. The van der Waals surface area contributed by atoms with Crippen molar-refractivity contribution in [2.45, 2.75) is 24.3 Å². The summed E-state index contributed by atoms with van der Waals surface area (Å²) in [6.07, 6.45) is 1.49. The molecule has 0 radical (unpaired) electrons. The minimum atomic E-state index is -0.452. The van der Waals surface area contributed by atoms with Crippen molar-refractivity contribution in [2.24, 2.45) is 0 Å². The number of nitro groups is 1.